The Morgan fingerprint density at radius 2 is 0.979 bits per heavy atom. The van der Waals surface area contributed by atoms with Crippen molar-refractivity contribution >= 4 is 0 Å². The summed E-state index contributed by atoms with van der Waals surface area (Å²) in [4.78, 5) is 0. The topological polar surface area (TPSA) is 0 Å². The van der Waals surface area contributed by atoms with Crippen molar-refractivity contribution in [1.82, 2.24) is 0 Å². The Kier molecular flexibility index (Phi) is 31.4. The van der Waals surface area contributed by atoms with Gasteiger partial charge in [-0.15, -0.1) is 0 Å². The van der Waals surface area contributed by atoms with Crippen LogP contribution in [0.5, 0.6) is 0 Å². The van der Waals surface area contributed by atoms with Crippen molar-refractivity contribution in [2.45, 2.75) is 203 Å². The first-order valence-corrected chi connectivity index (χ1v) is 20.7. The lowest BCUT2D eigenvalue weighted by atomic mass is 9.53. The van der Waals surface area contributed by atoms with E-state index in [0.29, 0.717) is 0 Å². The van der Waals surface area contributed by atoms with Gasteiger partial charge in [0.25, 0.3) is 0 Å². The Balaban J connectivity index is 7.66. The molecule has 0 N–H and O–H groups in total. The van der Waals surface area contributed by atoms with Crippen LogP contribution in [0.15, 0.2) is 84.6 Å². The third kappa shape index (κ3) is 20.3. The minimum Gasteiger partial charge on any atom is -0.0888 e. The van der Waals surface area contributed by atoms with E-state index >= 15 is 0 Å². The third-order valence-corrected chi connectivity index (χ3v) is 9.76. The van der Waals surface area contributed by atoms with Crippen LogP contribution in [0.2, 0.25) is 0 Å². The Hall–Kier alpha value is -1.82. The van der Waals surface area contributed by atoms with Gasteiger partial charge < -0.3 is 0 Å². The maximum Gasteiger partial charge on any atom is 0.0191 e. The van der Waals surface area contributed by atoms with Gasteiger partial charge in [-0.1, -0.05) is 197 Å². The monoisotopic (exact) mass is 647 g/mol. The second-order valence-electron chi connectivity index (χ2n) is 13.9. The van der Waals surface area contributed by atoms with Gasteiger partial charge in [-0.3, -0.25) is 0 Å². The molecule has 0 radical (unpaired) electrons. The molecule has 0 heterocycles. The maximum atomic E-state index is 2.77. The van der Waals surface area contributed by atoms with Crippen LogP contribution in [0.4, 0.5) is 0 Å². The summed E-state index contributed by atoms with van der Waals surface area (Å²) in [6.45, 7) is 16.2. The fourth-order valence-electron chi connectivity index (χ4n) is 6.84. The summed E-state index contributed by atoms with van der Waals surface area (Å²) in [6.07, 6.45) is 62.2. The van der Waals surface area contributed by atoms with Gasteiger partial charge in [0.1, 0.15) is 0 Å². The molecule has 0 amide bonds. The van der Waals surface area contributed by atoms with Gasteiger partial charge in [-0.25, -0.2) is 0 Å². The SMILES string of the molecule is CCC=CCCC(C=CCCCCC)(C(=CCCC=CCCC)CC=CCCCC)C(C=CCCCC)(CC=CCCC)CCCC. The lowest BCUT2D eigenvalue weighted by Gasteiger charge is -2.50. The molecular formula is C47H82. The van der Waals surface area contributed by atoms with Crippen molar-refractivity contribution in [3.8, 4) is 0 Å². The second kappa shape index (κ2) is 32.7. The van der Waals surface area contributed by atoms with Crippen molar-refractivity contribution in [2.75, 3.05) is 0 Å². The van der Waals surface area contributed by atoms with Crippen molar-refractivity contribution in [1.29, 1.82) is 0 Å². The number of hydrogen-bond donors (Lipinski definition) is 0. The molecule has 0 aromatic heterocycles. The molecule has 0 saturated heterocycles. The molecule has 0 spiro atoms. The summed E-state index contributed by atoms with van der Waals surface area (Å²) in [5.41, 5.74) is 1.71. The number of unbranched alkanes of at least 4 members (excludes halogenated alkanes) is 11. The quantitative estimate of drug-likeness (QED) is 0.0504. The van der Waals surface area contributed by atoms with E-state index in [9.17, 15) is 0 Å². The Morgan fingerprint density at radius 3 is 1.64 bits per heavy atom. The van der Waals surface area contributed by atoms with E-state index < -0.39 is 0 Å². The van der Waals surface area contributed by atoms with Gasteiger partial charge in [0, 0.05) is 10.8 Å². The van der Waals surface area contributed by atoms with E-state index in [1.54, 1.807) is 5.57 Å². The number of allylic oxidation sites excluding steroid dienone is 14. The molecule has 2 atom stereocenters. The normalized spacial score (nSPS) is 15.9. The molecule has 270 valence electrons. The van der Waals surface area contributed by atoms with Gasteiger partial charge in [0.05, 0.1) is 0 Å². The summed E-state index contributed by atoms with van der Waals surface area (Å²) in [6, 6.07) is 0. The Morgan fingerprint density at radius 1 is 0.404 bits per heavy atom. The van der Waals surface area contributed by atoms with Crippen LogP contribution in [0.3, 0.4) is 0 Å². The average Bonchev–Trinajstić information content (AvgIpc) is 3.08. The zero-order chi connectivity index (χ0) is 34.7. The molecule has 0 fully saturated rings. The molecule has 0 rings (SSSR count). The smallest absolute Gasteiger partial charge is 0.0191 e. The van der Waals surface area contributed by atoms with Crippen LogP contribution in [-0.2, 0) is 0 Å². The van der Waals surface area contributed by atoms with Gasteiger partial charge in [-0.05, 0) is 89.9 Å². The minimum atomic E-state index is -0.0199. The first-order chi connectivity index (χ1) is 23.1. The molecule has 47 heavy (non-hydrogen) atoms. The molecule has 0 aliphatic rings. The van der Waals surface area contributed by atoms with E-state index in [2.05, 4.69) is 127 Å². The Labute approximate surface area is 297 Å². The fourth-order valence-corrected chi connectivity index (χ4v) is 6.84. The van der Waals surface area contributed by atoms with Crippen molar-refractivity contribution in [2.24, 2.45) is 10.8 Å². The number of hydrogen-bond acceptors (Lipinski definition) is 0. The van der Waals surface area contributed by atoms with Crippen molar-refractivity contribution in [3.05, 3.63) is 84.6 Å². The molecule has 0 heteroatoms. The largest absolute Gasteiger partial charge is 0.0888 e. The van der Waals surface area contributed by atoms with Crippen LogP contribution in [-0.4, -0.2) is 0 Å². The maximum absolute atomic E-state index is 2.77. The average molecular weight is 647 g/mol. The first kappa shape index (κ1) is 45.2. The molecule has 0 saturated carbocycles. The van der Waals surface area contributed by atoms with Crippen molar-refractivity contribution < 1.29 is 0 Å². The van der Waals surface area contributed by atoms with Crippen LogP contribution in [0.25, 0.3) is 0 Å². The van der Waals surface area contributed by atoms with E-state index in [1.807, 2.05) is 0 Å². The zero-order valence-electron chi connectivity index (χ0n) is 33.0. The minimum absolute atomic E-state index is 0.0199. The molecule has 0 aliphatic carbocycles. The van der Waals surface area contributed by atoms with Crippen LogP contribution in [0, 0.1) is 10.8 Å². The van der Waals surface area contributed by atoms with E-state index in [4.69, 9.17) is 0 Å². The molecule has 2 unspecified atom stereocenters. The van der Waals surface area contributed by atoms with E-state index in [1.165, 1.54) is 116 Å². The van der Waals surface area contributed by atoms with Crippen LogP contribution < -0.4 is 0 Å². The lowest BCUT2D eigenvalue weighted by molar-refractivity contribution is 0.146. The highest BCUT2D eigenvalue weighted by atomic mass is 14.5. The number of rotatable bonds is 32. The highest BCUT2D eigenvalue weighted by molar-refractivity contribution is 5.34. The molecule has 0 aromatic carbocycles. The molecule has 0 bridgehead atoms. The summed E-state index contributed by atoms with van der Waals surface area (Å²) >= 11 is 0. The molecule has 0 aliphatic heterocycles. The van der Waals surface area contributed by atoms with Crippen LogP contribution in [0.1, 0.15) is 203 Å². The highest BCUT2D eigenvalue weighted by Crippen LogP contribution is 2.57. The van der Waals surface area contributed by atoms with E-state index in [0.717, 1.165) is 38.5 Å². The Bertz CT molecular complexity index is 889. The summed E-state index contributed by atoms with van der Waals surface area (Å²) in [5, 5.41) is 0. The van der Waals surface area contributed by atoms with Gasteiger partial charge in [-0.2, -0.15) is 0 Å². The summed E-state index contributed by atoms with van der Waals surface area (Å²) < 4.78 is 0. The lowest BCUT2D eigenvalue weighted by Crippen LogP contribution is -2.41. The summed E-state index contributed by atoms with van der Waals surface area (Å²) in [7, 11) is 0. The fraction of sp³-hybridized carbons (Fsp3) is 0.702. The zero-order valence-corrected chi connectivity index (χ0v) is 33.0. The third-order valence-electron chi connectivity index (χ3n) is 9.76. The first-order valence-electron chi connectivity index (χ1n) is 20.7. The van der Waals surface area contributed by atoms with Crippen LogP contribution >= 0.6 is 0 Å². The predicted molar refractivity (Wildman–Crippen MR) is 218 cm³/mol. The summed E-state index contributed by atoms with van der Waals surface area (Å²) in [5.74, 6) is 0. The highest BCUT2D eigenvalue weighted by Gasteiger charge is 2.48. The molecule has 0 nitrogen and oxygen atoms in total. The standard InChI is InChI=1S/C47H82/c1-8-15-22-28-30-33-39-45(38-32-29-23-16-9-2)47(43-36-27-20-13-6,44-37-31-24-17-10-3)46(40-21-14-7,41-34-25-18-11-4)42-35-26-19-12-5/h20,22,25,27-29,32,34-35,37,39,42,44H,8-19,21,23-24,26,30-31,33,36,38,40-41,43H2,1-7H3. The molecule has 0 aromatic rings. The van der Waals surface area contributed by atoms with Gasteiger partial charge >= 0.3 is 0 Å². The predicted octanol–water partition coefficient (Wildman–Crippen LogP) is 16.7. The van der Waals surface area contributed by atoms with E-state index in [-0.39, 0.29) is 10.8 Å². The van der Waals surface area contributed by atoms with Gasteiger partial charge in [0.2, 0.25) is 0 Å². The molecular weight excluding hydrogens is 565 g/mol. The second-order valence-corrected chi connectivity index (χ2v) is 13.9. The van der Waals surface area contributed by atoms with Crippen molar-refractivity contribution in [3.63, 3.8) is 0 Å². The van der Waals surface area contributed by atoms with Gasteiger partial charge in [0.15, 0.2) is 0 Å².